The van der Waals surface area contributed by atoms with E-state index in [0.29, 0.717) is 5.76 Å². The normalized spacial score (nSPS) is 11.0. The molecule has 1 aromatic heterocycles. The summed E-state index contributed by atoms with van der Waals surface area (Å²) in [5.74, 6) is -2.03. The third-order valence-electron chi connectivity index (χ3n) is 3.81. The minimum absolute atomic E-state index is 0.0134. The Balaban J connectivity index is 1.87. The van der Waals surface area contributed by atoms with Crippen LogP contribution in [0.4, 0.5) is 5.69 Å². The smallest absolute Gasteiger partial charge is 0.335 e. The molecule has 0 fully saturated rings. The molecule has 0 aliphatic rings. The number of furan rings is 1. The zero-order valence-electron chi connectivity index (χ0n) is 14.9. The highest BCUT2D eigenvalue weighted by atomic mass is 35.5. The Morgan fingerprint density at radius 2 is 1.79 bits per heavy atom. The molecule has 0 spiro atoms. The lowest BCUT2D eigenvalue weighted by atomic mass is 10.2. The number of rotatable bonds is 6. The number of carboxylic acid groups (broad SMARTS) is 1. The van der Waals surface area contributed by atoms with Gasteiger partial charge in [-0.1, -0.05) is 29.8 Å². The molecule has 0 atom stereocenters. The van der Waals surface area contributed by atoms with Crippen LogP contribution in [0.1, 0.15) is 26.5 Å². The standard InChI is InChI=1S/C21H15ClN2O5/c22-17-9-2-1-8-16(17)19(25)24-18(12-15-7-4-10-29-15)20(26)23-14-6-3-5-13(11-14)21(27)28/h1-12H,(H,23,26)(H,24,25)(H,27,28)/b18-12-. The van der Waals surface area contributed by atoms with Crippen molar-refractivity contribution in [1.29, 1.82) is 0 Å². The van der Waals surface area contributed by atoms with Crippen molar-refractivity contribution in [2.45, 2.75) is 0 Å². The number of hydrogen-bond acceptors (Lipinski definition) is 4. The minimum Gasteiger partial charge on any atom is -0.478 e. The number of carbonyl (C=O) groups excluding carboxylic acids is 2. The van der Waals surface area contributed by atoms with Crippen molar-refractivity contribution in [2.24, 2.45) is 0 Å². The van der Waals surface area contributed by atoms with Crippen LogP contribution in [-0.2, 0) is 4.79 Å². The molecule has 0 unspecified atom stereocenters. The zero-order valence-corrected chi connectivity index (χ0v) is 15.6. The van der Waals surface area contributed by atoms with Gasteiger partial charge in [-0.15, -0.1) is 0 Å². The molecule has 0 aliphatic carbocycles. The van der Waals surface area contributed by atoms with Crippen LogP contribution in [0, 0.1) is 0 Å². The Morgan fingerprint density at radius 3 is 2.48 bits per heavy atom. The zero-order chi connectivity index (χ0) is 20.8. The van der Waals surface area contributed by atoms with E-state index >= 15 is 0 Å². The summed E-state index contributed by atoms with van der Waals surface area (Å²) in [5, 5.41) is 14.4. The van der Waals surface area contributed by atoms with Crippen LogP contribution in [0.15, 0.2) is 77.0 Å². The number of benzene rings is 2. The Bertz CT molecular complexity index is 1090. The maximum Gasteiger partial charge on any atom is 0.335 e. The van der Waals surface area contributed by atoms with Crippen molar-refractivity contribution in [2.75, 3.05) is 5.32 Å². The van der Waals surface area contributed by atoms with Crippen molar-refractivity contribution in [3.05, 3.63) is 94.5 Å². The van der Waals surface area contributed by atoms with Gasteiger partial charge >= 0.3 is 5.97 Å². The van der Waals surface area contributed by atoms with E-state index in [4.69, 9.17) is 21.1 Å². The summed E-state index contributed by atoms with van der Waals surface area (Å²) in [5.41, 5.74) is 0.359. The van der Waals surface area contributed by atoms with E-state index in [-0.39, 0.29) is 27.5 Å². The molecule has 1 heterocycles. The van der Waals surface area contributed by atoms with Gasteiger partial charge in [-0.25, -0.2) is 4.79 Å². The van der Waals surface area contributed by atoms with Crippen molar-refractivity contribution in [1.82, 2.24) is 5.32 Å². The molecule has 8 heteroatoms. The highest BCUT2D eigenvalue weighted by Gasteiger charge is 2.17. The molecule has 0 radical (unpaired) electrons. The third kappa shape index (κ3) is 5.12. The largest absolute Gasteiger partial charge is 0.478 e. The van der Waals surface area contributed by atoms with Gasteiger partial charge < -0.3 is 20.2 Å². The SMILES string of the molecule is O=C(Nc1cccc(C(=O)O)c1)/C(=C/c1ccco1)NC(=O)c1ccccc1Cl. The van der Waals surface area contributed by atoms with E-state index in [1.54, 1.807) is 30.3 Å². The molecule has 146 valence electrons. The average molecular weight is 411 g/mol. The fraction of sp³-hybridized carbons (Fsp3) is 0. The number of carboxylic acids is 1. The van der Waals surface area contributed by atoms with E-state index in [1.165, 1.54) is 42.7 Å². The fourth-order valence-corrected chi connectivity index (χ4v) is 2.66. The highest BCUT2D eigenvalue weighted by molar-refractivity contribution is 6.34. The molecule has 0 saturated carbocycles. The lowest BCUT2D eigenvalue weighted by molar-refractivity contribution is -0.113. The molecular formula is C21H15ClN2O5. The second-order valence-corrected chi connectivity index (χ2v) is 6.25. The molecule has 3 aromatic rings. The summed E-state index contributed by atoms with van der Waals surface area (Å²) < 4.78 is 5.21. The van der Waals surface area contributed by atoms with E-state index in [0.717, 1.165) is 0 Å². The van der Waals surface area contributed by atoms with Crippen molar-refractivity contribution >= 4 is 41.1 Å². The number of halogens is 1. The Hall–Kier alpha value is -3.84. The molecule has 0 bridgehead atoms. The summed E-state index contributed by atoms with van der Waals surface area (Å²) in [4.78, 5) is 36.4. The van der Waals surface area contributed by atoms with Crippen LogP contribution < -0.4 is 10.6 Å². The Labute approximate surface area is 170 Å². The first-order valence-corrected chi connectivity index (χ1v) is 8.77. The lowest BCUT2D eigenvalue weighted by Crippen LogP contribution is -2.31. The van der Waals surface area contributed by atoms with E-state index in [2.05, 4.69) is 10.6 Å². The van der Waals surface area contributed by atoms with Crippen LogP contribution in [0.5, 0.6) is 0 Å². The maximum atomic E-state index is 12.8. The van der Waals surface area contributed by atoms with Crippen molar-refractivity contribution < 1.29 is 23.9 Å². The molecule has 3 N–H and O–H groups in total. The summed E-state index contributed by atoms with van der Waals surface area (Å²) in [7, 11) is 0. The molecule has 2 aromatic carbocycles. The Morgan fingerprint density at radius 1 is 1.00 bits per heavy atom. The summed E-state index contributed by atoms with van der Waals surface area (Å²) in [6.45, 7) is 0. The summed E-state index contributed by atoms with van der Waals surface area (Å²) >= 11 is 6.05. The Kier molecular flexibility index (Phi) is 6.11. The molecule has 29 heavy (non-hydrogen) atoms. The monoisotopic (exact) mass is 410 g/mol. The van der Waals surface area contributed by atoms with E-state index < -0.39 is 17.8 Å². The maximum absolute atomic E-state index is 12.8. The second-order valence-electron chi connectivity index (χ2n) is 5.85. The second kappa shape index (κ2) is 8.90. The number of hydrogen-bond donors (Lipinski definition) is 3. The molecule has 7 nitrogen and oxygen atoms in total. The van der Waals surface area contributed by atoms with Crippen LogP contribution >= 0.6 is 11.6 Å². The minimum atomic E-state index is -1.13. The number of aromatic carboxylic acids is 1. The van der Waals surface area contributed by atoms with Gasteiger partial charge in [0.25, 0.3) is 11.8 Å². The van der Waals surface area contributed by atoms with Crippen LogP contribution in [0.2, 0.25) is 5.02 Å². The molecule has 2 amide bonds. The van der Waals surface area contributed by atoms with E-state index in [9.17, 15) is 14.4 Å². The predicted molar refractivity (Wildman–Crippen MR) is 108 cm³/mol. The first-order chi connectivity index (χ1) is 13.9. The average Bonchev–Trinajstić information content (AvgIpc) is 3.21. The molecular weight excluding hydrogens is 396 g/mol. The topological polar surface area (TPSA) is 109 Å². The van der Waals surface area contributed by atoms with Gasteiger partial charge in [-0.05, 0) is 42.5 Å². The van der Waals surface area contributed by atoms with Crippen molar-refractivity contribution in [3.8, 4) is 0 Å². The molecule has 0 saturated heterocycles. The molecule has 0 aliphatic heterocycles. The van der Waals surface area contributed by atoms with Gasteiger partial charge in [0, 0.05) is 11.8 Å². The quantitative estimate of drug-likeness (QED) is 0.531. The summed E-state index contributed by atoms with van der Waals surface area (Å²) in [6.07, 6.45) is 2.78. The number of carbonyl (C=O) groups is 3. The van der Waals surface area contributed by atoms with Gasteiger partial charge in [0.2, 0.25) is 0 Å². The third-order valence-corrected chi connectivity index (χ3v) is 4.14. The lowest BCUT2D eigenvalue weighted by Gasteiger charge is -2.12. The van der Waals surface area contributed by atoms with Crippen molar-refractivity contribution in [3.63, 3.8) is 0 Å². The number of anilines is 1. The van der Waals surface area contributed by atoms with Gasteiger partial charge in [0.05, 0.1) is 22.4 Å². The van der Waals surface area contributed by atoms with Crippen LogP contribution in [0.25, 0.3) is 6.08 Å². The van der Waals surface area contributed by atoms with Gasteiger partial charge in [-0.2, -0.15) is 0 Å². The van der Waals surface area contributed by atoms with Crippen LogP contribution in [-0.4, -0.2) is 22.9 Å². The van der Waals surface area contributed by atoms with Gasteiger partial charge in [0.15, 0.2) is 0 Å². The summed E-state index contributed by atoms with van der Waals surface area (Å²) in [6, 6.07) is 15.4. The number of nitrogens with one attached hydrogen (secondary N) is 2. The van der Waals surface area contributed by atoms with Crippen LogP contribution in [0.3, 0.4) is 0 Å². The first kappa shape index (κ1) is 19.9. The van der Waals surface area contributed by atoms with Gasteiger partial charge in [-0.3, -0.25) is 9.59 Å². The predicted octanol–water partition coefficient (Wildman–Crippen LogP) is 4.04. The fourth-order valence-electron chi connectivity index (χ4n) is 2.44. The first-order valence-electron chi connectivity index (χ1n) is 8.40. The molecule has 3 rings (SSSR count). The number of amides is 2. The van der Waals surface area contributed by atoms with Gasteiger partial charge in [0.1, 0.15) is 11.5 Å². The highest BCUT2D eigenvalue weighted by Crippen LogP contribution is 2.17. The van der Waals surface area contributed by atoms with E-state index in [1.807, 2.05) is 0 Å².